The molecule has 2 aromatic heterocycles. The van der Waals surface area contributed by atoms with Crippen LogP contribution in [0.3, 0.4) is 0 Å². The molecule has 2 N–H and O–H groups in total. The van der Waals surface area contributed by atoms with Crippen LogP contribution in [0.5, 0.6) is 0 Å². The summed E-state index contributed by atoms with van der Waals surface area (Å²) in [6, 6.07) is 0. The zero-order chi connectivity index (χ0) is 14.8. The Kier molecular flexibility index (Phi) is 4.40. The molecule has 2 heterocycles. The number of hydrogen-bond donors (Lipinski definition) is 2. The summed E-state index contributed by atoms with van der Waals surface area (Å²) in [5.41, 5.74) is 0. The molecule has 0 saturated carbocycles. The lowest BCUT2D eigenvalue weighted by atomic mass is 10.4. The standard InChI is InChI=1S/C9H9BrN4O4S2/c10-7-4-11-9(19-7)13-20(17,18)6-3-12-14(5-6)2-1-8(15)16/h3-5H,1-2H2,(H,11,13)(H,15,16). The second kappa shape index (κ2) is 5.89. The molecule has 0 saturated heterocycles. The Morgan fingerprint density at radius 3 is 2.85 bits per heavy atom. The van der Waals surface area contributed by atoms with Crippen LogP contribution in [-0.2, 0) is 21.4 Å². The zero-order valence-electron chi connectivity index (χ0n) is 9.85. The fourth-order valence-electron chi connectivity index (χ4n) is 1.29. The van der Waals surface area contributed by atoms with E-state index in [1.165, 1.54) is 17.1 Å². The third-order valence-electron chi connectivity index (χ3n) is 2.17. The molecule has 0 spiro atoms. The van der Waals surface area contributed by atoms with Crippen molar-refractivity contribution in [3.8, 4) is 0 Å². The Bertz CT molecular complexity index is 724. The van der Waals surface area contributed by atoms with Crippen LogP contribution in [0.2, 0.25) is 0 Å². The number of halogens is 1. The van der Waals surface area contributed by atoms with Crippen LogP contribution < -0.4 is 4.72 Å². The van der Waals surface area contributed by atoms with Crippen LogP contribution in [0.1, 0.15) is 6.42 Å². The molecule has 8 nitrogen and oxygen atoms in total. The Balaban J connectivity index is 2.11. The zero-order valence-corrected chi connectivity index (χ0v) is 13.1. The number of carbonyl (C=O) groups is 1. The molecule has 0 unspecified atom stereocenters. The van der Waals surface area contributed by atoms with Gasteiger partial charge in [-0.2, -0.15) is 5.10 Å². The molecule has 0 atom stereocenters. The Morgan fingerprint density at radius 2 is 2.25 bits per heavy atom. The number of sulfonamides is 1. The van der Waals surface area contributed by atoms with E-state index in [1.54, 1.807) is 0 Å². The second-order valence-corrected chi connectivity index (χ2v) is 7.75. The fraction of sp³-hybridized carbons (Fsp3) is 0.222. The summed E-state index contributed by atoms with van der Waals surface area (Å²) in [5, 5.41) is 12.6. The molecule has 2 rings (SSSR count). The molecule has 20 heavy (non-hydrogen) atoms. The number of thiazole rings is 1. The van der Waals surface area contributed by atoms with Crippen LogP contribution in [0, 0.1) is 0 Å². The van der Waals surface area contributed by atoms with E-state index in [2.05, 4.69) is 30.7 Å². The van der Waals surface area contributed by atoms with Crippen LogP contribution in [0.25, 0.3) is 0 Å². The number of carboxylic acid groups (broad SMARTS) is 1. The average Bonchev–Trinajstić information content (AvgIpc) is 2.95. The van der Waals surface area contributed by atoms with Gasteiger partial charge in [0.2, 0.25) is 0 Å². The van der Waals surface area contributed by atoms with E-state index in [4.69, 9.17) is 5.11 Å². The van der Waals surface area contributed by atoms with Gasteiger partial charge in [0, 0.05) is 6.20 Å². The Morgan fingerprint density at radius 1 is 1.50 bits per heavy atom. The summed E-state index contributed by atoms with van der Waals surface area (Å²) in [5.74, 6) is -0.976. The first-order chi connectivity index (χ1) is 9.37. The van der Waals surface area contributed by atoms with Gasteiger partial charge in [0.15, 0.2) is 5.13 Å². The summed E-state index contributed by atoms with van der Waals surface area (Å²) in [6.07, 6.45) is 3.79. The van der Waals surface area contributed by atoms with Gasteiger partial charge in [-0.05, 0) is 15.9 Å². The van der Waals surface area contributed by atoms with Gasteiger partial charge in [-0.25, -0.2) is 13.4 Å². The molecule has 0 bridgehead atoms. The van der Waals surface area contributed by atoms with Crippen LogP contribution in [-0.4, -0.2) is 34.3 Å². The topological polar surface area (TPSA) is 114 Å². The lowest BCUT2D eigenvalue weighted by Gasteiger charge is -2.01. The van der Waals surface area contributed by atoms with Gasteiger partial charge in [0.05, 0.1) is 29.1 Å². The third kappa shape index (κ3) is 3.77. The minimum absolute atomic E-state index is 0.0470. The van der Waals surface area contributed by atoms with Crippen molar-refractivity contribution in [1.29, 1.82) is 0 Å². The highest BCUT2D eigenvalue weighted by atomic mass is 79.9. The highest BCUT2D eigenvalue weighted by Gasteiger charge is 2.18. The maximum Gasteiger partial charge on any atom is 0.305 e. The predicted octanol–water partition coefficient (Wildman–Crippen LogP) is 1.38. The largest absolute Gasteiger partial charge is 0.481 e. The highest BCUT2D eigenvalue weighted by molar-refractivity contribution is 9.11. The van der Waals surface area contributed by atoms with Gasteiger partial charge in [-0.1, -0.05) is 11.3 Å². The first-order valence-corrected chi connectivity index (χ1v) is 8.34. The van der Waals surface area contributed by atoms with Gasteiger partial charge < -0.3 is 5.11 Å². The number of rotatable bonds is 6. The van der Waals surface area contributed by atoms with Gasteiger partial charge in [-0.15, -0.1) is 0 Å². The highest BCUT2D eigenvalue weighted by Crippen LogP contribution is 2.25. The van der Waals surface area contributed by atoms with Gasteiger partial charge in [0.25, 0.3) is 10.0 Å². The fourth-order valence-corrected chi connectivity index (χ4v) is 3.59. The molecular formula is C9H9BrN4O4S2. The quantitative estimate of drug-likeness (QED) is 0.781. The van der Waals surface area contributed by atoms with Gasteiger partial charge in [-0.3, -0.25) is 14.2 Å². The molecular weight excluding hydrogens is 372 g/mol. The number of aromatic nitrogens is 3. The molecule has 0 amide bonds. The number of aryl methyl sites for hydroxylation is 1. The third-order valence-corrected chi connectivity index (χ3v) is 4.99. The van der Waals surface area contributed by atoms with Crippen molar-refractivity contribution < 1.29 is 18.3 Å². The number of hydrogen-bond acceptors (Lipinski definition) is 6. The van der Waals surface area contributed by atoms with Gasteiger partial charge in [0.1, 0.15) is 4.90 Å². The van der Waals surface area contributed by atoms with Gasteiger partial charge >= 0.3 is 5.97 Å². The Labute approximate surface area is 126 Å². The van der Waals surface area contributed by atoms with Crippen molar-refractivity contribution in [2.24, 2.45) is 0 Å². The summed E-state index contributed by atoms with van der Waals surface area (Å²) in [6.45, 7) is 0.105. The maximum atomic E-state index is 12.0. The van der Waals surface area contributed by atoms with Crippen molar-refractivity contribution >= 4 is 48.4 Å². The molecule has 0 radical (unpaired) electrons. The van der Waals surface area contributed by atoms with Crippen molar-refractivity contribution in [2.45, 2.75) is 17.9 Å². The van der Waals surface area contributed by atoms with E-state index in [-0.39, 0.29) is 23.0 Å². The predicted molar refractivity (Wildman–Crippen MR) is 75.1 cm³/mol. The van der Waals surface area contributed by atoms with Crippen molar-refractivity contribution in [3.05, 3.63) is 22.4 Å². The minimum atomic E-state index is -3.77. The molecule has 0 aliphatic carbocycles. The summed E-state index contributed by atoms with van der Waals surface area (Å²) >= 11 is 4.32. The summed E-state index contributed by atoms with van der Waals surface area (Å²) in [7, 11) is -3.77. The van der Waals surface area contributed by atoms with Crippen LogP contribution in [0.15, 0.2) is 27.3 Å². The summed E-state index contributed by atoms with van der Waals surface area (Å²) < 4.78 is 28.3. The molecule has 108 valence electrons. The van der Waals surface area contributed by atoms with Crippen LogP contribution >= 0.6 is 27.3 Å². The van der Waals surface area contributed by atoms with Crippen molar-refractivity contribution in [1.82, 2.24) is 14.8 Å². The molecule has 0 aliphatic heterocycles. The monoisotopic (exact) mass is 380 g/mol. The number of aliphatic carboxylic acids is 1. The number of anilines is 1. The molecule has 0 fully saturated rings. The number of nitrogens with zero attached hydrogens (tertiary/aromatic N) is 3. The average molecular weight is 381 g/mol. The smallest absolute Gasteiger partial charge is 0.305 e. The number of nitrogens with one attached hydrogen (secondary N) is 1. The van der Waals surface area contributed by atoms with Crippen LogP contribution in [0.4, 0.5) is 5.13 Å². The van der Waals surface area contributed by atoms with E-state index in [9.17, 15) is 13.2 Å². The Hall–Kier alpha value is -1.46. The van der Waals surface area contributed by atoms with E-state index in [0.717, 1.165) is 17.5 Å². The second-order valence-electron chi connectivity index (χ2n) is 3.66. The van der Waals surface area contributed by atoms with E-state index in [1.807, 2.05) is 0 Å². The number of carboxylic acids is 1. The van der Waals surface area contributed by atoms with E-state index < -0.39 is 16.0 Å². The lowest BCUT2D eigenvalue weighted by molar-refractivity contribution is -0.137. The summed E-state index contributed by atoms with van der Waals surface area (Å²) in [4.78, 5) is 14.3. The SMILES string of the molecule is O=C(O)CCn1cc(S(=O)(=O)Nc2ncc(Br)s2)cn1. The normalized spacial score (nSPS) is 11.4. The van der Waals surface area contributed by atoms with Crippen molar-refractivity contribution in [3.63, 3.8) is 0 Å². The maximum absolute atomic E-state index is 12.0. The molecule has 0 aliphatic rings. The van der Waals surface area contributed by atoms with E-state index in [0.29, 0.717) is 3.79 Å². The van der Waals surface area contributed by atoms with Crippen molar-refractivity contribution in [2.75, 3.05) is 4.72 Å². The minimum Gasteiger partial charge on any atom is -0.481 e. The molecule has 11 heteroatoms. The first kappa shape index (κ1) is 14.9. The lowest BCUT2D eigenvalue weighted by Crippen LogP contribution is -2.12. The van der Waals surface area contributed by atoms with E-state index >= 15 is 0 Å². The molecule has 0 aromatic carbocycles. The first-order valence-electron chi connectivity index (χ1n) is 5.25. The molecule has 2 aromatic rings.